The number of nitrogens with two attached hydrogens (primary N) is 1. The van der Waals surface area contributed by atoms with Gasteiger partial charge in [0.2, 0.25) is 0 Å². The van der Waals surface area contributed by atoms with E-state index in [1.165, 1.54) is 6.07 Å². The fourth-order valence-electron chi connectivity index (χ4n) is 2.04. The molecule has 0 aliphatic heterocycles. The van der Waals surface area contributed by atoms with Gasteiger partial charge in [-0.1, -0.05) is 25.1 Å². The molecule has 1 heterocycles. The summed E-state index contributed by atoms with van der Waals surface area (Å²) in [6.07, 6.45) is -2.71. The monoisotopic (exact) mass is 280 g/mol. The maximum atomic E-state index is 12.7. The highest BCUT2D eigenvalue weighted by Crippen LogP contribution is 2.33. The minimum Gasteiger partial charge on any atom is -0.323 e. The molecule has 0 fully saturated rings. The van der Waals surface area contributed by atoms with E-state index in [2.05, 4.69) is 4.98 Å². The van der Waals surface area contributed by atoms with Crippen LogP contribution in [-0.2, 0) is 6.18 Å². The van der Waals surface area contributed by atoms with Crippen LogP contribution >= 0.6 is 0 Å². The number of hydrogen-bond acceptors (Lipinski definition) is 2. The van der Waals surface area contributed by atoms with Crippen LogP contribution in [0.3, 0.4) is 0 Å². The molecule has 2 unspecified atom stereocenters. The van der Waals surface area contributed by atoms with E-state index in [0.29, 0.717) is 5.56 Å². The fraction of sp³-hybridized carbons (Fsp3) is 0.267. The molecule has 2 rings (SSSR count). The Hall–Kier alpha value is -1.88. The highest BCUT2D eigenvalue weighted by atomic mass is 19.4. The van der Waals surface area contributed by atoms with E-state index in [1.54, 1.807) is 18.3 Å². The molecule has 0 saturated carbocycles. The van der Waals surface area contributed by atoms with Gasteiger partial charge in [-0.3, -0.25) is 4.98 Å². The minimum absolute atomic E-state index is 0.167. The highest BCUT2D eigenvalue weighted by Gasteiger charge is 2.31. The lowest BCUT2D eigenvalue weighted by Crippen LogP contribution is -2.19. The third kappa shape index (κ3) is 3.17. The molecule has 5 heteroatoms. The number of halogens is 3. The first-order valence-electron chi connectivity index (χ1n) is 6.23. The first-order chi connectivity index (χ1) is 9.39. The Balaban J connectivity index is 2.27. The van der Waals surface area contributed by atoms with Crippen molar-refractivity contribution in [3.63, 3.8) is 0 Å². The summed E-state index contributed by atoms with van der Waals surface area (Å²) in [5, 5.41) is 0. The van der Waals surface area contributed by atoms with Crippen LogP contribution in [-0.4, -0.2) is 4.98 Å². The average molecular weight is 280 g/mol. The predicted molar refractivity (Wildman–Crippen MR) is 71.0 cm³/mol. The van der Waals surface area contributed by atoms with Gasteiger partial charge in [0.1, 0.15) is 0 Å². The van der Waals surface area contributed by atoms with Crippen LogP contribution in [0, 0.1) is 0 Å². The number of pyridine rings is 1. The molecule has 0 aliphatic carbocycles. The van der Waals surface area contributed by atoms with Gasteiger partial charge >= 0.3 is 6.18 Å². The second-order valence-electron chi connectivity index (χ2n) is 4.69. The Morgan fingerprint density at radius 2 is 1.85 bits per heavy atom. The summed E-state index contributed by atoms with van der Waals surface area (Å²) in [6.45, 7) is 1.85. The van der Waals surface area contributed by atoms with Gasteiger partial charge in [-0.05, 0) is 29.8 Å². The van der Waals surface area contributed by atoms with Gasteiger partial charge in [-0.25, -0.2) is 0 Å². The second kappa shape index (κ2) is 5.63. The van der Waals surface area contributed by atoms with E-state index in [4.69, 9.17) is 5.73 Å². The van der Waals surface area contributed by atoms with E-state index in [-0.39, 0.29) is 5.92 Å². The van der Waals surface area contributed by atoms with Crippen molar-refractivity contribution < 1.29 is 13.2 Å². The first kappa shape index (κ1) is 14.5. The molecule has 0 saturated heterocycles. The molecule has 0 spiro atoms. The molecule has 106 valence electrons. The smallest absolute Gasteiger partial charge is 0.323 e. The largest absolute Gasteiger partial charge is 0.416 e. The lowest BCUT2D eigenvalue weighted by molar-refractivity contribution is -0.137. The fourth-order valence-corrected chi connectivity index (χ4v) is 2.04. The lowest BCUT2D eigenvalue weighted by atomic mass is 9.91. The van der Waals surface area contributed by atoms with E-state index in [0.717, 1.165) is 17.8 Å². The Morgan fingerprint density at radius 3 is 2.45 bits per heavy atom. The molecular weight excluding hydrogens is 265 g/mol. The van der Waals surface area contributed by atoms with Gasteiger partial charge in [0.25, 0.3) is 0 Å². The van der Waals surface area contributed by atoms with Crippen molar-refractivity contribution in [3.05, 3.63) is 65.5 Å². The molecule has 0 aliphatic rings. The summed E-state index contributed by atoms with van der Waals surface area (Å²) in [6, 6.07) is 10.0. The summed E-state index contributed by atoms with van der Waals surface area (Å²) in [5.41, 5.74) is 6.61. The van der Waals surface area contributed by atoms with Crippen LogP contribution in [0.15, 0.2) is 48.7 Å². The predicted octanol–water partition coefficient (Wildman–Crippen LogP) is 3.90. The van der Waals surface area contributed by atoms with E-state index >= 15 is 0 Å². The standard InChI is InChI=1S/C15H15F3N2/c1-10(13-7-2-3-8-20-13)14(19)11-5-4-6-12(9-11)15(16,17)18/h2-10,14H,19H2,1H3. The number of hydrogen-bond donors (Lipinski definition) is 1. The van der Waals surface area contributed by atoms with Crippen molar-refractivity contribution in [3.8, 4) is 0 Å². The van der Waals surface area contributed by atoms with Crippen molar-refractivity contribution in [1.29, 1.82) is 0 Å². The summed E-state index contributed by atoms with van der Waals surface area (Å²) < 4.78 is 38.1. The van der Waals surface area contributed by atoms with Crippen molar-refractivity contribution >= 4 is 0 Å². The molecule has 2 nitrogen and oxygen atoms in total. The molecule has 2 N–H and O–H groups in total. The molecule has 2 aromatic rings. The Bertz CT molecular complexity index is 567. The summed E-state index contributed by atoms with van der Waals surface area (Å²) in [5.74, 6) is -0.167. The summed E-state index contributed by atoms with van der Waals surface area (Å²) in [4.78, 5) is 4.19. The van der Waals surface area contributed by atoms with E-state index < -0.39 is 17.8 Å². The Labute approximate surface area is 115 Å². The summed E-state index contributed by atoms with van der Waals surface area (Å²) in [7, 11) is 0. The van der Waals surface area contributed by atoms with Crippen LogP contribution in [0.25, 0.3) is 0 Å². The zero-order valence-electron chi connectivity index (χ0n) is 10.9. The van der Waals surface area contributed by atoms with Crippen LogP contribution < -0.4 is 5.73 Å². The van der Waals surface area contributed by atoms with Crippen LogP contribution in [0.1, 0.15) is 35.7 Å². The van der Waals surface area contributed by atoms with Crippen molar-refractivity contribution in [2.24, 2.45) is 5.73 Å². The van der Waals surface area contributed by atoms with Crippen LogP contribution in [0.5, 0.6) is 0 Å². The normalized spacial score (nSPS) is 14.8. The number of nitrogens with zero attached hydrogens (tertiary/aromatic N) is 1. The zero-order chi connectivity index (χ0) is 14.8. The molecule has 2 atom stereocenters. The topological polar surface area (TPSA) is 38.9 Å². The third-order valence-electron chi connectivity index (χ3n) is 3.29. The Morgan fingerprint density at radius 1 is 1.10 bits per heavy atom. The molecule has 0 radical (unpaired) electrons. The zero-order valence-corrected chi connectivity index (χ0v) is 10.9. The quantitative estimate of drug-likeness (QED) is 0.926. The molecule has 0 amide bonds. The van der Waals surface area contributed by atoms with Gasteiger partial charge in [-0.15, -0.1) is 0 Å². The minimum atomic E-state index is -4.36. The Kier molecular flexibility index (Phi) is 4.09. The van der Waals surface area contributed by atoms with Crippen molar-refractivity contribution in [1.82, 2.24) is 4.98 Å². The van der Waals surface area contributed by atoms with Crippen molar-refractivity contribution in [2.75, 3.05) is 0 Å². The number of alkyl halides is 3. The van der Waals surface area contributed by atoms with Gasteiger partial charge < -0.3 is 5.73 Å². The van der Waals surface area contributed by atoms with E-state index in [1.807, 2.05) is 19.1 Å². The first-order valence-corrected chi connectivity index (χ1v) is 6.23. The van der Waals surface area contributed by atoms with E-state index in [9.17, 15) is 13.2 Å². The molecular formula is C15H15F3N2. The molecule has 0 bridgehead atoms. The molecule has 1 aromatic heterocycles. The SMILES string of the molecule is CC(c1ccccn1)C(N)c1cccc(C(F)(F)F)c1. The molecule has 1 aromatic carbocycles. The van der Waals surface area contributed by atoms with Gasteiger partial charge in [0.15, 0.2) is 0 Å². The maximum Gasteiger partial charge on any atom is 0.416 e. The summed E-state index contributed by atoms with van der Waals surface area (Å²) >= 11 is 0. The maximum absolute atomic E-state index is 12.7. The average Bonchev–Trinajstić information content (AvgIpc) is 2.46. The van der Waals surface area contributed by atoms with Crippen LogP contribution in [0.4, 0.5) is 13.2 Å². The molecule has 20 heavy (non-hydrogen) atoms. The second-order valence-corrected chi connectivity index (χ2v) is 4.69. The highest BCUT2D eigenvalue weighted by molar-refractivity contribution is 5.30. The number of rotatable bonds is 3. The number of benzene rings is 1. The van der Waals surface area contributed by atoms with Gasteiger partial charge in [-0.2, -0.15) is 13.2 Å². The lowest BCUT2D eigenvalue weighted by Gasteiger charge is -2.20. The number of aromatic nitrogens is 1. The van der Waals surface area contributed by atoms with Gasteiger partial charge in [0.05, 0.1) is 5.56 Å². The van der Waals surface area contributed by atoms with Crippen LogP contribution in [0.2, 0.25) is 0 Å². The van der Waals surface area contributed by atoms with Gasteiger partial charge in [0, 0.05) is 23.9 Å². The van der Waals surface area contributed by atoms with Crippen molar-refractivity contribution in [2.45, 2.75) is 25.1 Å². The third-order valence-corrected chi connectivity index (χ3v) is 3.29.